The largest absolute Gasteiger partial charge is 0.299 e. The standard InChI is InChI=1S/C14H13BrN4O2/c1-3-19-11(16-7-17-19)6-18-12-8(2)4-9(15)5-10(12)13(20)14(18)21/h4-5,7H,3,6H2,1-2H3. The Labute approximate surface area is 129 Å². The van der Waals surface area contributed by atoms with Crippen molar-refractivity contribution >= 4 is 33.3 Å². The minimum absolute atomic E-state index is 0.244. The Bertz CT molecular complexity index is 753. The number of fused-ring (bicyclic) bond motifs is 1. The number of halogens is 1. The van der Waals surface area contributed by atoms with Crippen LogP contribution < -0.4 is 4.90 Å². The van der Waals surface area contributed by atoms with Gasteiger partial charge >= 0.3 is 0 Å². The Kier molecular flexibility index (Phi) is 3.36. The van der Waals surface area contributed by atoms with Gasteiger partial charge in [-0.2, -0.15) is 5.10 Å². The van der Waals surface area contributed by atoms with E-state index in [-0.39, 0.29) is 6.54 Å². The molecule has 0 atom stereocenters. The van der Waals surface area contributed by atoms with E-state index in [4.69, 9.17) is 0 Å². The zero-order valence-corrected chi connectivity index (χ0v) is 13.2. The molecule has 0 fully saturated rings. The fourth-order valence-electron chi connectivity index (χ4n) is 2.57. The quantitative estimate of drug-likeness (QED) is 0.796. The molecule has 0 radical (unpaired) electrons. The van der Waals surface area contributed by atoms with Crippen LogP contribution in [0.2, 0.25) is 0 Å². The fraction of sp³-hybridized carbons (Fsp3) is 0.286. The van der Waals surface area contributed by atoms with E-state index < -0.39 is 11.7 Å². The molecule has 1 aliphatic heterocycles. The number of nitrogens with zero attached hydrogens (tertiary/aromatic N) is 4. The van der Waals surface area contributed by atoms with Gasteiger partial charge in [0.05, 0.1) is 17.8 Å². The first-order valence-corrected chi connectivity index (χ1v) is 7.35. The van der Waals surface area contributed by atoms with E-state index in [9.17, 15) is 9.59 Å². The van der Waals surface area contributed by atoms with Crippen molar-refractivity contribution in [1.82, 2.24) is 14.8 Å². The van der Waals surface area contributed by atoms with Crippen molar-refractivity contribution in [1.29, 1.82) is 0 Å². The summed E-state index contributed by atoms with van der Waals surface area (Å²) in [6, 6.07) is 3.58. The highest BCUT2D eigenvalue weighted by molar-refractivity contribution is 9.10. The summed E-state index contributed by atoms with van der Waals surface area (Å²) in [6.45, 7) is 4.74. The molecule has 2 heterocycles. The molecule has 108 valence electrons. The maximum atomic E-state index is 12.3. The molecule has 0 saturated heterocycles. The summed E-state index contributed by atoms with van der Waals surface area (Å²) >= 11 is 3.36. The van der Waals surface area contributed by atoms with Crippen LogP contribution >= 0.6 is 15.9 Å². The van der Waals surface area contributed by atoms with E-state index in [1.807, 2.05) is 19.9 Å². The van der Waals surface area contributed by atoms with Crippen molar-refractivity contribution in [2.75, 3.05) is 4.90 Å². The number of anilines is 1. The Morgan fingerprint density at radius 2 is 2.05 bits per heavy atom. The third-order valence-electron chi connectivity index (χ3n) is 3.51. The minimum atomic E-state index is -0.517. The molecule has 0 spiro atoms. The molecule has 7 heteroatoms. The zero-order chi connectivity index (χ0) is 15.1. The van der Waals surface area contributed by atoms with Gasteiger partial charge in [-0.3, -0.25) is 14.5 Å². The Hall–Kier alpha value is -2.02. The van der Waals surface area contributed by atoms with Crippen molar-refractivity contribution in [3.63, 3.8) is 0 Å². The smallest absolute Gasteiger partial charge is 0.297 e. The summed E-state index contributed by atoms with van der Waals surface area (Å²) in [5.74, 6) is -0.331. The predicted octanol–water partition coefficient (Wildman–Crippen LogP) is 2.10. The molecule has 3 rings (SSSR count). The molecule has 1 aliphatic rings. The van der Waals surface area contributed by atoms with Gasteiger partial charge in [-0.15, -0.1) is 0 Å². The second-order valence-electron chi connectivity index (χ2n) is 4.83. The Morgan fingerprint density at radius 3 is 2.76 bits per heavy atom. The van der Waals surface area contributed by atoms with Crippen LogP contribution in [0.1, 0.15) is 28.7 Å². The highest BCUT2D eigenvalue weighted by Gasteiger charge is 2.37. The van der Waals surface area contributed by atoms with Gasteiger partial charge in [-0.05, 0) is 31.5 Å². The SMILES string of the molecule is CCn1ncnc1CN1C(=O)C(=O)c2cc(Br)cc(C)c21. The highest BCUT2D eigenvalue weighted by Crippen LogP contribution is 2.35. The van der Waals surface area contributed by atoms with Gasteiger partial charge in [0.15, 0.2) is 0 Å². The first kappa shape index (κ1) is 13.9. The summed E-state index contributed by atoms with van der Waals surface area (Å²) in [5.41, 5.74) is 1.98. The predicted molar refractivity (Wildman–Crippen MR) is 80.1 cm³/mol. The van der Waals surface area contributed by atoms with Gasteiger partial charge in [-0.1, -0.05) is 15.9 Å². The molecule has 1 aromatic heterocycles. The second-order valence-corrected chi connectivity index (χ2v) is 5.75. The molecule has 0 unspecified atom stereocenters. The van der Waals surface area contributed by atoms with Gasteiger partial charge < -0.3 is 0 Å². The van der Waals surface area contributed by atoms with Crippen molar-refractivity contribution in [3.8, 4) is 0 Å². The Balaban J connectivity index is 2.06. The zero-order valence-electron chi connectivity index (χ0n) is 11.6. The fourth-order valence-corrected chi connectivity index (χ4v) is 3.15. The first-order chi connectivity index (χ1) is 10.0. The maximum absolute atomic E-state index is 12.3. The van der Waals surface area contributed by atoms with Crippen molar-refractivity contribution in [3.05, 3.63) is 39.9 Å². The maximum Gasteiger partial charge on any atom is 0.299 e. The second kappa shape index (κ2) is 5.07. The summed E-state index contributed by atoms with van der Waals surface area (Å²) in [5, 5.41) is 4.09. The molecular formula is C14H13BrN4O2. The summed E-state index contributed by atoms with van der Waals surface area (Å²) in [7, 11) is 0. The van der Waals surface area contributed by atoms with Crippen LogP contribution in [0, 0.1) is 6.92 Å². The average molecular weight is 349 g/mol. The Morgan fingerprint density at radius 1 is 1.29 bits per heavy atom. The number of ketones is 1. The van der Waals surface area contributed by atoms with Crippen LogP contribution in [0.3, 0.4) is 0 Å². The molecule has 0 saturated carbocycles. The van der Waals surface area contributed by atoms with E-state index in [1.165, 1.54) is 11.2 Å². The molecule has 2 aromatic rings. The first-order valence-electron chi connectivity index (χ1n) is 6.56. The molecule has 1 amide bonds. The topological polar surface area (TPSA) is 68.1 Å². The van der Waals surface area contributed by atoms with Gasteiger partial charge in [0, 0.05) is 11.0 Å². The van der Waals surface area contributed by atoms with Crippen LogP contribution in [-0.4, -0.2) is 26.5 Å². The summed E-state index contributed by atoms with van der Waals surface area (Å²) in [4.78, 5) is 30.0. The molecule has 0 N–H and O–H groups in total. The van der Waals surface area contributed by atoms with Crippen molar-refractivity contribution in [2.24, 2.45) is 0 Å². The number of amides is 1. The van der Waals surface area contributed by atoms with Crippen LogP contribution in [0.25, 0.3) is 0 Å². The average Bonchev–Trinajstić information content (AvgIpc) is 2.98. The van der Waals surface area contributed by atoms with Crippen LogP contribution in [0.15, 0.2) is 22.9 Å². The van der Waals surface area contributed by atoms with E-state index in [2.05, 4.69) is 26.0 Å². The number of aryl methyl sites for hydroxylation is 2. The minimum Gasteiger partial charge on any atom is -0.297 e. The van der Waals surface area contributed by atoms with Crippen LogP contribution in [-0.2, 0) is 17.9 Å². The number of carbonyl (C=O) groups excluding carboxylic acids is 2. The van der Waals surface area contributed by atoms with Gasteiger partial charge in [0.25, 0.3) is 11.7 Å². The lowest BCUT2D eigenvalue weighted by atomic mass is 10.1. The van der Waals surface area contributed by atoms with E-state index in [1.54, 1.807) is 10.7 Å². The molecule has 0 aliphatic carbocycles. The van der Waals surface area contributed by atoms with E-state index in [0.29, 0.717) is 23.6 Å². The summed E-state index contributed by atoms with van der Waals surface area (Å²) in [6.07, 6.45) is 1.45. The van der Waals surface area contributed by atoms with Crippen LogP contribution in [0.4, 0.5) is 5.69 Å². The van der Waals surface area contributed by atoms with E-state index in [0.717, 1.165) is 10.0 Å². The summed E-state index contributed by atoms with van der Waals surface area (Å²) < 4.78 is 2.50. The molecule has 1 aromatic carbocycles. The van der Waals surface area contributed by atoms with E-state index >= 15 is 0 Å². The third kappa shape index (κ3) is 2.17. The normalized spacial score (nSPS) is 14.0. The lowest BCUT2D eigenvalue weighted by Gasteiger charge is -2.18. The number of hydrogen-bond donors (Lipinski definition) is 0. The molecular weight excluding hydrogens is 336 g/mol. The number of Topliss-reactive ketones (excluding diaryl/α,β-unsaturated/α-hetero) is 1. The van der Waals surface area contributed by atoms with Gasteiger partial charge in [-0.25, -0.2) is 9.67 Å². The number of carbonyl (C=O) groups is 2. The third-order valence-corrected chi connectivity index (χ3v) is 3.97. The molecule has 6 nitrogen and oxygen atoms in total. The van der Waals surface area contributed by atoms with Crippen LogP contribution in [0.5, 0.6) is 0 Å². The molecule has 21 heavy (non-hydrogen) atoms. The van der Waals surface area contributed by atoms with Crippen molar-refractivity contribution < 1.29 is 9.59 Å². The number of aromatic nitrogens is 3. The lowest BCUT2D eigenvalue weighted by molar-refractivity contribution is -0.114. The van der Waals surface area contributed by atoms with Gasteiger partial charge in [0.2, 0.25) is 0 Å². The lowest BCUT2D eigenvalue weighted by Crippen LogP contribution is -2.30. The molecule has 0 bridgehead atoms. The number of benzene rings is 1. The monoisotopic (exact) mass is 348 g/mol. The number of rotatable bonds is 3. The van der Waals surface area contributed by atoms with Gasteiger partial charge in [0.1, 0.15) is 12.2 Å². The van der Waals surface area contributed by atoms with Crippen molar-refractivity contribution in [2.45, 2.75) is 26.9 Å². The number of hydrogen-bond acceptors (Lipinski definition) is 4. The highest BCUT2D eigenvalue weighted by atomic mass is 79.9.